The van der Waals surface area contributed by atoms with Crippen molar-refractivity contribution in [2.45, 2.75) is 140 Å². The van der Waals surface area contributed by atoms with E-state index in [1.54, 1.807) is 83.3 Å². The van der Waals surface area contributed by atoms with Crippen LogP contribution in [0, 0.1) is 19.8 Å². The third-order valence-corrected chi connectivity index (χ3v) is 20.7. The second-order valence-electron chi connectivity index (χ2n) is 27.9. The van der Waals surface area contributed by atoms with E-state index in [9.17, 15) is 18.8 Å². The third-order valence-electron chi connectivity index (χ3n) is 17.6. The van der Waals surface area contributed by atoms with Gasteiger partial charge in [0.1, 0.15) is 31.8 Å². The number of nitrogens with zero attached hydrogens (tertiary/aromatic N) is 18. The van der Waals surface area contributed by atoms with Crippen molar-refractivity contribution in [3.63, 3.8) is 0 Å². The minimum absolute atomic E-state index is 0.0410. The summed E-state index contributed by atoms with van der Waals surface area (Å²) in [6.45, 7) is 28.7. The normalized spacial score (nSPS) is 16.6. The third kappa shape index (κ3) is 13.7. The van der Waals surface area contributed by atoms with Gasteiger partial charge >= 0.3 is 0 Å². The Labute approximate surface area is 596 Å². The predicted octanol–water partition coefficient (Wildman–Crippen LogP) is 13.6. The molecule has 3 amide bonds. The van der Waals surface area contributed by atoms with Crippen LogP contribution in [0.25, 0.3) is 33.8 Å². The Balaban J connectivity index is 0.000000134. The molecular weight excluding hydrogens is 1320 g/mol. The first-order valence-corrected chi connectivity index (χ1v) is 36.5. The van der Waals surface area contributed by atoms with Crippen molar-refractivity contribution in [3.8, 4) is 33.8 Å². The molecule has 25 heteroatoms. The number of anilines is 3. The molecule has 9 aromatic rings. The van der Waals surface area contributed by atoms with E-state index in [4.69, 9.17) is 30.3 Å². The fraction of sp³-hybridized carbons (Fsp3) is 0.360. The largest absolute Gasteiger partial charge is 0.292 e. The first-order valence-electron chi connectivity index (χ1n) is 33.7. The summed E-state index contributed by atoms with van der Waals surface area (Å²) in [5.74, 6) is 5.20. The Hall–Kier alpha value is -9.46. The molecule has 0 bridgehead atoms. The molecule has 0 saturated carbocycles. The van der Waals surface area contributed by atoms with Crippen LogP contribution in [0.3, 0.4) is 0 Å². The molecule has 0 saturated heterocycles. The summed E-state index contributed by atoms with van der Waals surface area (Å²) in [4.78, 5) is 78.6. The van der Waals surface area contributed by atoms with Gasteiger partial charge in [-0.05, 0) is 119 Å². The van der Waals surface area contributed by atoms with Crippen molar-refractivity contribution < 1.29 is 18.8 Å². The van der Waals surface area contributed by atoms with Crippen LogP contribution < -0.4 is 14.7 Å². The molecule has 6 aromatic heterocycles. The van der Waals surface area contributed by atoms with Crippen LogP contribution in [0.2, 0.25) is 0 Å². The number of carbonyl (C=O) groups excluding carboxylic acids is 3. The Kier molecular flexibility index (Phi) is 18.8. The highest BCUT2D eigenvalue weighted by atomic mass is 32.2. The summed E-state index contributed by atoms with van der Waals surface area (Å²) in [5.41, 5.74) is 12.2. The van der Waals surface area contributed by atoms with Crippen LogP contribution in [0.15, 0.2) is 158 Å². The van der Waals surface area contributed by atoms with E-state index in [2.05, 4.69) is 153 Å². The van der Waals surface area contributed by atoms with Crippen LogP contribution in [0.4, 0.5) is 21.8 Å². The molecule has 0 aliphatic carbocycles. The molecule has 100 heavy (non-hydrogen) atoms. The molecule has 0 spiro atoms. The molecule has 516 valence electrons. The number of halogens is 1. The molecule has 12 heterocycles. The monoisotopic (exact) mass is 1400 g/mol. The van der Waals surface area contributed by atoms with Gasteiger partial charge in [-0.3, -0.25) is 67.8 Å². The van der Waals surface area contributed by atoms with Gasteiger partial charge in [-0.15, -0.1) is 35.3 Å². The highest BCUT2D eigenvalue weighted by Crippen LogP contribution is 2.43. The number of rotatable bonds is 15. The Morgan fingerprint density at radius 1 is 0.470 bits per heavy atom. The van der Waals surface area contributed by atoms with E-state index in [0.717, 1.165) is 94.2 Å². The molecule has 6 aliphatic heterocycles. The lowest BCUT2D eigenvalue weighted by Gasteiger charge is -2.30. The van der Waals surface area contributed by atoms with Gasteiger partial charge in [0.25, 0.3) is 17.7 Å². The van der Waals surface area contributed by atoms with Crippen LogP contribution in [0.1, 0.15) is 128 Å². The number of carbonyl (C=O) groups is 3. The number of fused-ring (bicyclic) bond motifs is 9. The Morgan fingerprint density at radius 2 is 0.840 bits per heavy atom. The second-order valence-corrected chi connectivity index (χ2v) is 31.9. The minimum atomic E-state index is -0.498. The van der Waals surface area contributed by atoms with Gasteiger partial charge in [0.05, 0.1) is 73.0 Å². The van der Waals surface area contributed by atoms with Crippen LogP contribution in [-0.4, -0.2) is 169 Å². The SMILES string of the molecule is CC(C)Sc1c2c(nn1Cc1ccc(-c3cccc(F)n3)cc1)N1CC(C)(C)N=C1N(C)C2=O.CCSc1c2c(nn1Cc1ccc(-c3ccc(C)cn3)cc1)N1CC(C)(C)N=C1N(C)C2=O.CCSc1c2c(nn1Cc1ccc(-c3cccc(C)n3)cc1)N1CC(C)(C)N=C1N(C)C2=O. The minimum Gasteiger partial charge on any atom is -0.292 e. The number of pyridine rings is 3. The van der Waals surface area contributed by atoms with Gasteiger partial charge in [-0.25, -0.2) is 20.0 Å². The molecule has 21 nitrogen and oxygen atoms in total. The summed E-state index contributed by atoms with van der Waals surface area (Å²) < 4.78 is 19.4. The molecule has 0 unspecified atom stereocenters. The van der Waals surface area contributed by atoms with Crippen molar-refractivity contribution in [2.75, 3.05) is 67.0 Å². The van der Waals surface area contributed by atoms with Crippen molar-refractivity contribution in [2.24, 2.45) is 15.0 Å². The van der Waals surface area contributed by atoms with E-state index in [1.807, 2.05) is 82.6 Å². The van der Waals surface area contributed by atoms with E-state index >= 15 is 0 Å². The van der Waals surface area contributed by atoms with Gasteiger partial charge in [-0.2, -0.15) is 19.7 Å². The fourth-order valence-electron chi connectivity index (χ4n) is 13.0. The number of benzene rings is 3. The first-order chi connectivity index (χ1) is 47.7. The zero-order valence-electron chi connectivity index (χ0n) is 59.2. The highest BCUT2D eigenvalue weighted by molar-refractivity contribution is 8.00. The number of amides is 3. The molecular formula is C75H83FN18O3S3. The number of aliphatic imine (C=N–C) groups is 3. The Morgan fingerprint density at radius 3 is 1.20 bits per heavy atom. The van der Waals surface area contributed by atoms with E-state index < -0.39 is 5.95 Å². The fourth-order valence-corrected chi connectivity index (χ4v) is 15.6. The Bertz CT molecular complexity index is 4750. The summed E-state index contributed by atoms with van der Waals surface area (Å²) in [5, 5.41) is 17.7. The number of guanidine groups is 3. The van der Waals surface area contributed by atoms with Crippen LogP contribution in [-0.2, 0) is 19.6 Å². The highest BCUT2D eigenvalue weighted by Gasteiger charge is 2.48. The predicted molar refractivity (Wildman–Crippen MR) is 399 cm³/mol. The van der Waals surface area contributed by atoms with Gasteiger partial charge in [0, 0.05) is 55.0 Å². The maximum absolute atomic E-state index is 13.5. The van der Waals surface area contributed by atoms with Gasteiger partial charge in [0.2, 0.25) is 23.8 Å². The first kappa shape index (κ1) is 69.0. The lowest BCUT2D eigenvalue weighted by molar-refractivity contribution is 0.0854. The van der Waals surface area contributed by atoms with Crippen molar-refractivity contribution in [3.05, 3.63) is 178 Å². The zero-order chi connectivity index (χ0) is 70.9. The number of hydrogen-bond acceptors (Lipinski definition) is 18. The summed E-state index contributed by atoms with van der Waals surface area (Å²) in [6, 6.07) is 39.6. The molecule has 0 N–H and O–H groups in total. The van der Waals surface area contributed by atoms with E-state index in [0.29, 0.717) is 85.3 Å². The summed E-state index contributed by atoms with van der Waals surface area (Å²) in [7, 11) is 5.38. The molecule has 0 fully saturated rings. The molecule has 6 aliphatic rings. The lowest BCUT2D eigenvalue weighted by Crippen LogP contribution is -2.48. The lowest BCUT2D eigenvalue weighted by atomic mass is 10.1. The van der Waals surface area contributed by atoms with Crippen molar-refractivity contribution in [1.29, 1.82) is 0 Å². The second kappa shape index (κ2) is 27.2. The molecule has 15 rings (SSSR count). The average molecular weight is 1400 g/mol. The van der Waals surface area contributed by atoms with Gasteiger partial charge < -0.3 is 0 Å². The maximum atomic E-state index is 13.5. The van der Waals surface area contributed by atoms with Crippen LogP contribution >= 0.6 is 35.3 Å². The van der Waals surface area contributed by atoms with Crippen LogP contribution in [0.5, 0.6) is 0 Å². The summed E-state index contributed by atoms with van der Waals surface area (Å²) in [6.07, 6.45) is 1.89. The number of aryl methyl sites for hydroxylation is 2. The van der Waals surface area contributed by atoms with E-state index in [1.165, 1.54) is 6.07 Å². The van der Waals surface area contributed by atoms with Gasteiger partial charge in [0.15, 0.2) is 17.5 Å². The average Bonchev–Trinajstić information content (AvgIpc) is 1.59. The van der Waals surface area contributed by atoms with Crippen molar-refractivity contribution in [1.82, 2.24) is 59.0 Å². The van der Waals surface area contributed by atoms with E-state index in [-0.39, 0.29) is 39.6 Å². The molecule has 0 radical (unpaired) electrons. The standard InChI is InChI=1S/C25H27FN6OS.2C25H28N6OS/c1-15(2)34-23-20-21(31-14-25(3,4)28-24(31)30(5)22(20)33)29-32(23)13-16-9-11-17(12-10-16)18-7-6-8-19(26)27-18;1-6-33-23-20-21(30-15-25(3,4)27-24(30)29(5)22(20)32)28-31(23)14-17-8-10-18(11-9-17)19-12-7-16(2)13-26-19;1-6-33-23-20-21(30-15-25(3,4)27-24(30)29(5)22(20)32)28-31(23)14-17-10-12-18(13-11-17)19-9-7-8-16(2)26-19/h6-12,15H,13-14H2,1-5H3;2*7-13H,6,14-15H2,1-5H3. The topological polar surface area (TPSA) is 200 Å². The molecule has 0 atom stereocenters. The zero-order valence-corrected chi connectivity index (χ0v) is 61.7. The molecule has 3 aromatic carbocycles. The number of aromatic nitrogens is 9. The van der Waals surface area contributed by atoms with Gasteiger partial charge in [-0.1, -0.05) is 119 Å². The number of thioether (sulfide) groups is 3. The maximum Gasteiger partial charge on any atom is 0.266 e. The van der Waals surface area contributed by atoms with Crippen molar-refractivity contribution >= 4 is 88.3 Å². The quantitative estimate of drug-likeness (QED) is 0.0693. The number of hydrogen-bond donors (Lipinski definition) is 0. The smallest absolute Gasteiger partial charge is 0.266 e. The summed E-state index contributed by atoms with van der Waals surface area (Å²) >= 11 is 4.96.